The van der Waals surface area contributed by atoms with E-state index in [-0.39, 0.29) is 0 Å². The summed E-state index contributed by atoms with van der Waals surface area (Å²) in [6, 6.07) is 0. The maximum atomic E-state index is 9.23. The molecule has 0 aliphatic carbocycles. The normalized spacial score (nSPS) is 13.0. The monoisotopic (exact) mass is 214 g/mol. The molecule has 1 atom stereocenters. The number of rotatable bonds is 11. The number of aliphatic hydroxyl groups excluding tert-OH is 1. The summed E-state index contributed by atoms with van der Waals surface area (Å²) in [7, 11) is 0. The van der Waals surface area contributed by atoms with Crippen molar-refractivity contribution in [2.75, 3.05) is 6.61 Å². The van der Waals surface area contributed by atoms with Crippen LogP contribution in [-0.2, 0) is 0 Å². The van der Waals surface area contributed by atoms with Crippen LogP contribution in [0.1, 0.15) is 78.1 Å². The highest BCUT2D eigenvalue weighted by atomic mass is 16.3. The van der Waals surface area contributed by atoms with E-state index in [2.05, 4.69) is 13.8 Å². The van der Waals surface area contributed by atoms with Gasteiger partial charge in [0.25, 0.3) is 0 Å². The van der Waals surface area contributed by atoms with Crippen LogP contribution in [-0.4, -0.2) is 11.7 Å². The van der Waals surface area contributed by atoms with Crippen molar-refractivity contribution in [1.82, 2.24) is 0 Å². The van der Waals surface area contributed by atoms with Gasteiger partial charge in [0.1, 0.15) is 0 Å². The van der Waals surface area contributed by atoms with Crippen LogP contribution in [0.5, 0.6) is 0 Å². The third kappa shape index (κ3) is 10.2. The van der Waals surface area contributed by atoms with E-state index in [1.807, 2.05) is 0 Å². The van der Waals surface area contributed by atoms with Crippen molar-refractivity contribution < 1.29 is 5.11 Å². The number of unbranched alkanes of at least 4 members (excludes halogenated alkanes) is 6. The lowest BCUT2D eigenvalue weighted by atomic mass is 9.95. The Hall–Kier alpha value is -0.0400. The van der Waals surface area contributed by atoms with Crippen LogP contribution in [0.3, 0.4) is 0 Å². The lowest BCUT2D eigenvalue weighted by Gasteiger charge is -2.13. The van der Waals surface area contributed by atoms with Crippen LogP contribution in [0.15, 0.2) is 0 Å². The van der Waals surface area contributed by atoms with E-state index in [0.29, 0.717) is 12.5 Å². The average Bonchev–Trinajstić information content (AvgIpc) is 2.26. The molecule has 0 aromatic carbocycles. The molecule has 92 valence electrons. The van der Waals surface area contributed by atoms with Gasteiger partial charge in [0.15, 0.2) is 0 Å². The molecule has 0 saturated carbocycles. The lowest BCUT2D eigenvalue weighted by molar-refractivity contribution is 0.204. The molecule has 0 aromatic rings. The van der Waals surface area contributed by atoms with Crippen molar-refractivity contribution in [2.24, 2.45) is 5.92 Å². The molecule has 0 spiro atoms. The molecule has 0 aliphatic heterocycles. The molecule has 0 rings (SSSR count). The summed E-state index contributed by atoms with van der Waals surface area (Å²) in [5.74, 6) is 0.582. The summed E-state index contributed by atoms with van der Waals surface area (Å²) >= 11 is 0. The average molecular weight is 214 g/mol. The van der Waals surface area contributed by atoms with Crippen molar-refractivity contribution >= 4 is 0 Å². The van der Waals surface area contributed by atoms with Gasteiger partial charge in [-0.25, -0.2) is 0 Å². The Morgan fingerprint density at radius 1 is 0.733 bits per heavy atom. The van der Waals surface area contributed by atoms with Crippen molar-refractivity contribution in [3.8, 4) is 0 Å². The maximum Gasteiger partial charge on any atom is 0.0459 e. The fourth-order valence-corrected chi connectivity index (χ4v) is 2.05. The summed E-state index contributed by atoms with van der Waals surface area (Å²) < 4.78 is 0. The topological polar surface area (TPSA) is 20.2 Å². The molecule has 0 saturated heterocycles. The van der Waals surface area contributed by atoms with Gasteiger partial charge in [-0.15, -0.1) is 0 Å². The van der Waals surface area contributed by atoms with E-state index in [1.165, 1.54) is 64.2 Å². The van der Waals surface area contributed by atoms with Gasteiger partial charge in [-0.05, 0) is 18.8 Å². The fourth-order valence-electron chi connectivity index (χ4n) is 2.05. The maximum absolute atomic E-state index is 9.23. The van der Waals surface area contributed by atoms with Gasteiger partial charge < -0.3 is 5.11 Å². The number of aliphatic hydroxyl groups is 1. The molecular formula is C14H30O. The van der Waals surface area contributed by atoms with Crippen LogP contribution in [0.25, 0.3) is 0 Å². The van der Waals surface area contributed by atoms with Crippen LogP contribution in [0, 0.1) is 5.92 Å². The van der Waals surface area contributed by atoms with Crippen molar-refractivity contribution in [2.45, 2.75) is 78.1 Å². The SMILES string of the molecule is CCCCCCC[C@@H](CO)CCCCC. The van der Waals surface area contributed by atoms with E-state index < -0.39 is 0 Å². The first-order valence-electron chi connectivity index (χ1n) is 6.96. The lowest BCUT2D eigenvalue weighted by Crippen LogP contribution is -2.05. The second-order valence-electron chi connectivity index (χ2n) is 4.75. The summed E-state index contributed by atoms with van der Waals surface area (Å²) in [6.45, 7) is 4.89. The van der Waals surface area contributed by atoms with E-state index in [0.717, 1.165) is 0 Å². The summed E-state index contributed by atoms with van der Waals surface area (Å²) in [5, 5.41) is 9.23. The molecule has 1 heteroatoms. The van der Waals surface area contributed by atoms with E-state index in [4.69, 9.17) is 0 Å². The van der Waals surface area contributed by atoms with E-state index in [9.17, 15) is 5.11 Å². The molecule has 0 fully saturated rings. The molecular weight excluding hydrogens is 184 g/mol. The molecule has 1 nitrogen and oxygen atoms in total. The number of hydrogen-bond donors (Lipinski definition) is 1. The van der Waals surface area contributed by atoms with Crippen LogP contribution in [0.2, 0.25) is 0 Å². The Morgan fingerprint density at radius 3 is 1.73 bits per heavy atom. The number of hydrogen-bond acceptors (Lipinski definition) is 1. The zero-order chi connectivity index (χ0) is 11.4. The minimum atomic E-state index is 0.400. The smallest absolute Gasteiger partial charge is 0.0459 e. The predicted molar refractivity (Wildman–Crippen MR) is 68.1 cm³/mol. The molecule has 1 N–H and O–H groups in total. The highest BCUT2D eigenvalue weighted by Gasteiger charge is 2.06. The minimum Gasteiger partial charge on any atom is -0.396 e. The van der Waals surface area contributed by atoms with Crippen LogP contribution in [0.4, 0.5) is 0 Å². The molecule has 0 amide bonds. The largest absolute Gasteiger partial charge is 0.396 e. The highest BCUT2D eigenvalue weighted by molar-refractivity contribution is 4.58. The molecule has 0 aromatic heterocycles. The molecule has 0 aliphatic rings. The van der Waals surface area contributed by atoms with Crippen molar-refractivity contribution in [3.05, 3.63) is 0 Å². The standard InChI is InChI=1S/C14H30O/c1-3-5-7-8-10-12-14(13-15)11-9-6-4-2/h14-15H,3-13H2,1-2H3/t14-/m0/s1. The van der Waals surface area contributed by atoms with Gasteiger partial charge in [-0.3, -0.25) is 0 Å². The van der Waals surface area contributed by atoms with Gasteiger partial charge in [0.2, 0.25) is 0 Å². The van der Waals surface area contributed by atoms with Crippen molar-refractivity contribution in [1.29, 1.82) is 0 Å². The molecule has 0 heterocycles. The van der Waals surface area contributed by atoms with E-state index >= 15 is 0 Å². The zero-order valence-electron chi connectivity index (χ0n) is 10.8. The van der Waals surface area contributed by atoms with Gasteiger partial charge in [-0.1, -0.05) is 65.2 Å². The minimum absolute atomic E-state index is 0.400. The van der Waals surface area contributed by atoms with Crippen molar-refractivity contribution in [3.63, 3.8) is 0 Å². The predicted octanol–water partition coefficient (Wildman–Crippen LogP) is 4.54. The van der Waals surface area contributed by atoms with Gasteiger partial charge in [0, 0.05) is 6.61 Å². The Balaban J connectivity index is 3.28. The molecule has 0 bridgehead atoms. The third-order valence-corrected chi connectivity index (χ3v) is 3.19. The first-order chi connectivity index (χ1) is 7.35. The van der Waals surface area contributed by atoms with Gasteiger partial charge in [0.05, 0.1) is 0 Å². The molecule has 15 heavy (non-hydrogen) atoms. The highest BCUT2D eigenvalue weighted by Crippen LogP contribution is 2.17. The first kappa shape index (κ1) is 15.0. The second kappa shape index (κ2) is 12.0. The Morgan fingerprint density at radius 2 is 1.20 bits per heavy atom. The summed E-state index contributed by atoms with van der Waals surface area (Å²) in [5.41, 5.74) is 0. The first-order valence-corrected chi connectivity index (χ1v) is 6.96. The Kier molecular flexibility index (Phi) is 12.0. The van der Waals surface area contributed by atoms with Gasteiger partial charge in [-0.2, -0.15) is 0 Å². The van der Waals surface area contributed by atoms with E-state index in [1.54, 1.807) is 0 Å². The molecule has 0 unspecified atom stereocenters. The summed E-state index contributed by atoms with van der Waals surface area (Å²) in [6.07, 6.45) is 13.1. The zero-order valence-corrected chi connectivity index (χ0v) is 10.8. The van der Waals surface area contributed by atoms with Gasteiger partial charge >= 0.3 is 0 Å². The van der Waals surface area contributed by atoms with Crippen LogP contribution < -0.4 is 0 Å². The second-order valence-corrected chi connectivity index (χ2v) is 4.75. The van der Waals surface area contributed by atoms with Crippen LogP contribution >= 0.6 is 0 Å². The Bertz CT molecular complexity index is 112. The summed E-state index contributed by atoms with van der Waals surface area (Å²) in [4.78, 5) is 0. The third-order valence-electron chi connectivity index (χ3n) is 3.19. The fraction of sp³-hybridized carbons (Fsp3) is 1.00. The Labute approximate surface area is 96.3 Å². The quantitative estimate of drug-likeness (QED) is 0.501. The molecule has 0 radical (unpaired) electrons.